The van der Waals surface area contributed by atoms with E-state index in [4.69, 9.17) is 4.74 Å². The number of nitrogens with zero attached hydrogens (tertiary/aromatic N) is 1. The number of carbonyl (C=O) groups excluding carboxylic acids is 1. The fraction of sp³-hybridized carbons (Fsp3) is 0.739. The van der Waals surface area contributed by atoms with Crippen LogP contribution in [0, 0.1) is 28.6 Å². The van der Waals surface area contributed by atoms with Crippen molar-refractivity contribution in [2.24, 2.45) is 33.7 Å². The zero-order valence-electron chi connectivity index (χ0n) is 17.0. The number of aliphatic hydroxyl groups is 2. The van der Waals surface area contributed by atoms with Crippen molar-refractivity contribution in [3.63, 3.8) is 0 Å². The van der Waals surface area contributed by atoms with E-state index >= 15 is 0 Å². The number of rotatable bonds is 2. The first-order chi connectivity index (χ1) is 13.8. The molecule has 0 amide bonds. The molecular formula is C23H31NO5. The van der Waals surface area contributed by atoms with Crippen LogP contribution in [0.25, 0.3) is 0 Å². The number of aliphatic hydroxyl groups excluding tert-OH is 1. The molecule has 6 heteroatoms. The molecule has 0 spiro atoms. The Bertz CT molecular complexity index is 818. The van der Waals surface area contributed by atoms with Gasteiger partial charge in [-0.3, -0.25) is 0 Å². The quantitative estimate of drug-likeness (QED) is 0.217. The van der Waals surface area contributed by atoms with E-state index in [-0.39, 0.29) is 34.6 Å². The highest BCUT2D eigenvalue weighted by molar-refractivity contribution is 5.85. The first kappa shape index (κ1) is 19.3. The SMILES string of the molecule is C[C@]12CC[C@H]3[C@@H](CCC4=C[C@H](O)CC[C@@]43/C=N\O)[C@]1(O)CC[C@@H]2C1=CC(=O)OC1. The van der Waals surface area contributed by atoms with Gasteiger partial charge in [0, 0.05) is 16.9 Å². The van der Waals surface area contributed by atoms with E-state index in [1.54, 1.807) is 12.3 Å². The van der Waals surface area contributed by atoms with Gasteiger partial charge in [0.05, 0.1) is 17.9 Å². The van der Waals surface area contributed by atoms with E-state index < -0.39 is 11.7 Å². The van der Waals surface area contributed by atoms with Crippen molar-refractivity contribution >= 4 is 12.2 Å². The Balaban J connectivity index is 1.53. The maximum atomic E-state index is 12.2. The fourth-order valence-electron chi connectivity index (χ4n) is 7.92. The van der Waals surface area contributed by atoms with Crippen LogP contribution in [0.1, 0.15) is 58.3 Å². The number of cyclic esters (lactones) is 1. The number of ether oxygens (including phenoxy) is 1. The van der Waals surface area contributed by atoms with Gasteiger partial charge in [0.1, 0.15) is 6.61 Å². The second kappa shape index (κ2) is 6.42. The van der Waals surface area contributed by atoms with Crippen molar-refractivity contribution in [2.75, 3.05) is 6.61 Å². The molecule has 158 valence electrons. The maximum Gasteiger partial charge on any atom is 0.331 e. The summed E-state index contributed by atoms with van der Waals surface area (Å²) in [6.45, 7) is 2.56. The highest BCUT2D eigenvalue weighted by atomic mass is 16.5. The number of hydrogen-bond donors (Lipinski definition) is 3. The Morgan fingerprint density at radius 3 is 2.72 bits per heavy atom. The average molecular weight is 402 g/mol. The smallest absolute Gasteiger partial charge is 0.331 e. The molecule has 0 unspecified atom stereocenters. The van der Waals surface area contributed by atoms with Crippen LogP contribution in [-0.4, -0.2) is 45.9 Å². The Labute approximate surface area is 171 Å². The lowest BCUT2D eigenvalue weighted by Crippen LogP contribution is -2.61. The van der Waals surface area contributed by atoms with Gasteiger partial charge in [-0.25, -0.2) is 4.79 Å². The lowest BCUT2D eigenvalue weighted by Gasteiger charge is -2.61. The summed E-state index contributed by atoms with van der Waals surface area (Å²) in [6.07, 6.45) is 11.4. The summed E-state index contributed by atoms with van der Waals surface area (Å²) in [5.74, 6) is 0.236. The van der Waals surface area contributed by atoms with Gasteiger partial charge in [0.15, 0.2) is 0 Å². The van der Waals surface area contributed by atoms with Crippen LogP contribution in [0.5, 0.6) is 0 Å². The number of hydrogen-bond acceptors (Lipinski definition) is 6. The monoisotopic (exact) mass is 401 g/mol. The fourth-order valence-corrected chi connectivity index (χ4v) is 7.92. The number of oxime groups is 1. The van der Waals surface area contributed by atoms with Crippen LogP contribution in [0.3, 0.4) is 0 Å². The molecule has 1 aliphatic heterocycles. The predicted octanol–water partition coefficient (Wildman–Crippen LogP) is 2.96. The van der Waals surface area contributed by atoms with Gasteiger partial charge in [0.2, 0.25) is 0 Å². The summed E-state index contributed by atoms with van der Waals surface area (Å²) in [4.78, 5) is 11.7. The predicted molar refractivity (Wildman–Crippen MR) is 106 cm³/mol. The van der Waals surface area contributed by atoms with Crippen molar-refractivity contribution in [2.45, 2.75) is 70.0 Å². The van der Waals surface area contributed by atoms with Gasteiger partial charge in [-0.1, -0.05) is 18.6 Å². The summed E-state index contributed by atoms with van der Waals surface area (Å²) < 4.78 is 5.18. The van der Waals surface area contributed by atoms with Gasteiger partial charge < -0.3 is 20.2 Å². The second-order valence-corrected chi connectivity index (χ2v) is 10.1. The van der Waals surface area contributed by atoms with E-state index in [1.807, 2.05) is 6.08 Å². The molecule has 1 heterocycles. The van der Waals surface area contributed by atoms with Crippen LogP contribution >= 0.6 is 0 Å². The minimum Gasteiger partial charge on any atom is -0.458 e. The van der Waals surface area contributed by atoms with Crippen LogP contribution in [0.15, 0.2) is 28.5 Å². The van der Waals surface area contributed by atoms with Crippen LogP contribution < -0.4 is 0 Å². The Morgan fingerprint density at radius 2 is 2.00 bits per heavy atom. The number of fused-ring (bicyclic) bond motifs is 5. The molecule has 0 radical (unpaired) electrons. The van der Waals surface area contributed by atoms with Crippen molar-refractivity contribution in [3.05, 3.63) is 23.3 Å². The zero-order chi connectivity index (χ0) is 20.4. The summed E-state index contributed by atoms with van der Waals surface area (Å²) in [7, 11) is 0. The summed E-state index contributed by atoms with van der Waals surface area (Å²) in [6, 6.07) is 0. The van der Waals surface area contributed by atoms with E-state index in [0.717, 1.165) is 50.5 Å². The Hall–Kier alpha value is -1.66. The van der Waals surface area contributed by atoms with Crippen molar-refractivity contribution in [1.29, 1.82) is 0 Å². The normalized spacial score (nSPS) is 49.1. The molecule has 7 atom stereocenters. The number of carbonyl (C=O) groups is 1. The van der Waals surface area contributed by atoms with Gasteiger partial charge in [-0.15, -0.1) is 5.16 Å². The van der Waals surface area contributed by atoms with Crippen LogP contribution in [-0.2, 0) is 9.53 Å². The molecule has 0 aromatic carbocycles. The van der Waals surface area contributed by atoms with Crippen molar-refractivity contribution in [1.82, 2.24) is 0 Å². The van der Waals surface area contributed by atoms with E-state index in [9.17, 15) is 20.2 Å². The third kappa shape index (κ3) is 2.48. The molecule has 6 nitrogen and oxygen atoms in total. The van der Waals surface area contributed by atoms with Crippen LogP contribution in [0.4, 0.5) is 0 Å². The van der Waals surface area contributed by atoms with Crippen molar-refractivity contribution in [3.8, 4) is 0 Å². The maximum absolute atomic E-state index is 12.2. The molecular weight excluding hydrogens is 370 g/mol. The minimum atomic E-state index is -0.801. The molecule has 0 aromatic heterocycles. The van der Waals surface area contributed by atoms with Gasteiger partial charge in [-0.2, -0.15) is 0 Å². The third-order valence-electron chi connectivity index (χ3n) is 9.30. The number of esters is 1. The van der Waals surface area contributed by atoms with E-state index in [1.165, 1.54) is 5.57 Å². The van der Waals surface area contributed by atoms with Gasteiger partial charge >= 0.3 is 5.97 Å². The molecule has 5 aliphatic rings. The van der Waals surface area contributed by atoms with Gasteiger partial charge in [-0.05, 0) is 74.7 Å². The highest BCUT2D eigenvalue weighted by Gasteiger charge is 2.67. The molecule has 29 heavy (non-hydrogen) atoms. The summed E-state index contributed by atoms with van der Waals surface area (Å²) >= 11 is 0. The van der Waals surface area contributed by atoms with Gasteiger partial charge in [0.25, 0.3) is 0 Å². The lowest BCUT2D eigenvalue weighted by atomic mass is 9.44. The van der Waals surface area contributed by atoms with Crippen molar-refractivity contribution < 1.29 is 25.0 Å². The Kier molecular flexibility index (Phi) is 4.27. The molecule has 0 aromatic rings. The first-order valence-corrected chi connectivity index (χ1v) is 11.0. The Morgan fingerprint density at radius 1 is 1.17 bits per heavy atom. The average Bonchev–Trinajstić information content (AvgIpc) is 3.23. The topological polar surface area (TPSA) is 99.4 Å². The first-order valence-electron chi connectivity index (χ1n) is 11.0. The third-order valence-corrected chi connectivity index (χ3v) is 9.30. The molecule has 0 bridgehead atoms. The largest absolute Gasteiger partial charge is 0.458 e. The molecule has 5 rings (SSSR count). The standard InChI is InChI=1S/C23H31NO5/c1-21-7-5-18-19(3-2-15-11-16(25)4-8-22(15,18)13-24-28)23(21,27)9-6-17(21)14-10-20(26)29-12-14/h10-11,13,16-19,25,27-28H,2-9,12H2,1H3/b24-13-/t16-,17-,18+,19-,21-,22-,23-/m1/s1. The summed E-state index contributed by atoms with van der Waals surface area (Å²) in [5, 5.41) is 35.3. The second-order valence-electron chi connectivity index (χ2n) is 10.1. The zero-order valence-corrected chi connectivity index (χ0v) is 17.0. The van der Waals surface area contributed by atoms with Crippen LogP contribution in [0.2, 0.25) is 0 Å². The minimum absolute atomic E-state index is 0.121. The molecule has 3 fully saturated rings. The molecule has 3 saturated carbocycles. The van der Waals surface area contributed by atoms with E-state index in [0.29, 0.717) is 13.0 Å². The number of allylic oxidation sites excluding steroid dienone is 1. The highest BCUT2D eigenvalue weighted by Crippen LogP contribution is 2.69. The summed E-state index contributed by atoms with van der Waals surface area (Å²) in [5.41, 5.74) is 0.772. The molecule has 3 N–H and O–H groups in total. The molecule has 0 saturated heterocycles. The molecule has 4 aliphatic carbocycles. The van der Waals surface area contributed by atoms with E-state index in [2.05, 4.69) is 12.1 Å². The lowest BCUT2D eigenvalue weighted by molar-refractivity contribution is -0.175.